The molecule has 0 unspecified atom stereocenters. The lowest BCUT2D eigenvalue weighted by molar-refractivity contribution is 0.0515. The molecule has 1 aliphatic heterocycles. The second-order valence-electron chi connectivity index (χ2n) is 12.5. The normalized spacial score (nSPS) is 14.3. The Labute approximate surface area is 256 Å². The summed E-state index contributed by atoms with van der Waals surface area (Å²) < 4.78 is 12.3. The number of nitrogens with one attached hydrogen (secondary N) is 3. The molecule has 0 aliphatic carbocycles. The third-order valence-electron chi connectivity index (χ3n) is 6.43. The number of hydrogen-bond acceptors (Lipinski definition) is 9. The lowest BCUT2D eigenvalue weighted by atomic mass is 9.96. The summed E-state index contributed by atoms with van der Waals surface area (Å²) in [7, 11) is 1.75. The van der Waals surface area contributed by atoms with Crippen LogP contribution in [0.2, 0.25) is 0 Å². The number of benzene rings is 1. The highest BCUT2D eigenvalue weighted by molar-refractivity contribution is 7.19. The first-order chi connectivity index (χ1) is 20.1. The van der Waals surface area contributed by atoms with Crippen LogP contribution in [0.4, 0.5) is 26.0 Å². The smallest absolute Gasteiger partial charge is 0.412 e. The average molecular weight is 612 g/mol. The summed E-state index contributed by atoms with van der Waals surface area (Å²) in [6.07, 6.45) is 4.01. The van der Waals surface area contributed by atoms with Crippen molar-refractivity contribution in [3.8, 4) is 10.6 Å². The van der Waals surface area contributed by atoms with Crippen molar-refractivity contribution < 1.29 is 23.9 Å². The number of aromatic nitrogens is 3. The Balaban J connectivity index is 1.47. The number of nitrogens with zero attached hydrogens (tertiary/aromatic N) is 4. The molecule has 3 aromatic rings. The molecular weight excluding hydrogens is 570 g/mol. The van der Waals surface area contributed by atoms with E-state index in [1.54, 1.807) is 38.7 Å². The van der Waals surface area contributed by atoms with Gasteiger partial charge in [0.05, 0.1) is 11.9 Å². The summed E-state index contributed by atoms with van der Waals surface area (Å²) in [4.78, 5) is 44.8. The van der Waals surface area contributed by atoms with Crippen molar-refractivity contribution in [1.82, 2.24) is 20.1 Å². The lowest BCUT2D eigenvalue weighted by Gasteiger charge is -2.34. The van der Waals surface area contributed by atoms with Crippen molar-refractivity contribution in [2.75, 3.05) is 35.2 Å². The van der Waals surface area contributed by atoms with Crippen molar-refractivity contribution in [2.24, 2.45) is 13.0 Å². The number of carbonyl (C=O) groups is 3. The quantitative estimate of drug-likeness (QED) is 0.301. The predicted molar refractivity (Wildman–Crippen MR) is 168 cm³/mol. The summed E-state index contributed by atoms with van der Waals surface area (Å²) in [6, 6.07) is 7.98. The van der Waals surface area contributed by atoms with E-state index in [-0.39, 0.29) is 16.8 Å². The molecule has 1 aliphatic rings. The fourth-order valence-corrected chi connectivity index (χ4v) is 5.47. The van der Waals surface area contributed by atoms with E-state index >= 15 is 0 Å². The van der Waals surface area contributed by atoms with E-state index in [1.165, 1.54) is 17.5 Å². The third-order valence-corrected chi connectivity index (χ3v) is 7.45. The number of rotatable bonds is 7. The van der Waals surface area contributed by atoms with Gasteiger partial charge in [0.25, 0.3) is 5.91 Å². The molecule has 0 saturated carbocycles. The molecule has 0 atom stereocenters. The molecule has 13 heteroatoms. The number of anilines is 3. The van der Waals surface area contributed by atoms with Crippen LogP contribution in [0.3, 0.4) is 0 Å². The predicted octanol–water partition coefficient (Wildman–Crippen LogP) is 5.88. The first-order valence-electron chi connectivity index (χ1n) is 14.3. The van der Waals surface area contributed by atoms with Gasteiger partial charge in [-0.2, -0.15) is 5.10 Å². The monoisotopic (exact) mass is 611 g/mol. The van der Waals surface area contributed by atoms with Gasteiger partial charge < -0.3 is 25.0 Å². The van der Waals surface area contributed by atoms with Crippen LogP contribution in [0.5, 0.6) is 0 Å². The van der Waals surface area contributed by atoms with Gasteiger partial charge in [0.1, 0.15) is 21.2 Å². The van der Waals surface area contributed by atoms with Gasteiger partial charge in [0.15, 0.2) is 5.69 Å². The molecule has 232 valence electrons. The van der Waals surface area contributed by atoms with Gasteiger partial charge in [-0.25, -0.2) is 14.6 Å². The molecule has 3 N–H and O–H groups in total. The highest BCUT2D eigenvalue weighted by Gasteiger charge is 2.25. The fraction of sp³-hybridized carbons (Fsp3) is 0.500. The van der Waals surface area contributed by atoms with Gasteiger partial charge in [-0.1, -0.05) is 23.5 Å². The highest BCUT2D eigenvalue weighted by Crippen LogP contribution is 2.35. The van der Waals surface area contributed by atoms with Crippen LogP contribution >= 0.6 is 11.3 Å². The number of amides is 3. The Hall–Kier alpha value is -4.13. The van der Waals surface area contributed by atoms with Crippen LogP contribution in [-0.2, 0) is 16.5 Å². The Bertz CT molecular complexity index is 1450. The Morgan fingerprint density at radius 3 is 2.30 bits per heavy atom. The summed E-state index contributed by atoms with van der Waals surface area (Å²) in [5.41, 5.74) is 1.23. The Kier molecular flexibility index (Phi) is 9.63. The maximum Gasteiger partial charge on any atom is 0.412 e. The second kappa shape index (κ2) is 13.0. The van der Waals surface area contributed by atoms with Crippen LogP contribution in [-0.4, -0.2) is 63.7 Å². The van der Waals surface area contributed by atoms with Crippen LogP contribution in [0.15, 0.2) is 36.7 Å². The highest BCUT2D eigenvalue weighted by atomic mass is 32.1. The first kappa shape index (κ1) is 31.8. The zero-order valence-electron chi connectivity index (χ0n) is 25.8. The fourth-order valence-electron chi connectivity index (χ4n) is 4.53. The van der Waals surface area contributed by atoms with E-state index in [9.17, 15) is 14.4 Å². The minimum atomic E-state index is -0.705. The van der Waals surface area contributed by atoms with E-state index in [0.717, 1.165) is 37.2 Å². The molecule has 3 amide bonds. The maximum absolute atomic E-state index is 13.2. The molecule has 43 heavy (non-hydrogen) atoms. The van der Waals surface area contributed by atoms with E-state index in [1.807, 2.05) is 45.0 Å². The van der Waals surface area contributed by atoms with E-state index in [0.29, 0.717) is 23.2 Å². The summed E-state index contributed by atoms with van der Waals surface area (Å²) in [6.45, 7) is 13.1. The summed E-state index contributed by atoms with van der Waals surface area (Å²) >= 11 is 1.20. The summed E-state index contributed by atoms with van der Waals surface area (Å²) in [5, 5.41) is 13.3. The van der Waals surface area contributed by atoms with Gasteiger partial charge >= 0.3 is 12.2 Å². The standard InChI is InChI=1S/C30H41N7O5S/c1-29(2,3)41-27(39)31-16-19-11-13-37(14-12-19)22-10-8-9-20(15-22)25-34-23(24(38)33-21-17-32-36(7)18-21)26(43-25)35-28(40)42-30(4,5)6/h8-10,15,17-19H,11-14,16H2,1-7H3,(H,31,39)(H,33,38)(H,35,40). The zero-order chi connectivity index (χ0) is 31.4. The Morgan fingerprint density at radius 1 is 1.00 bits per heavy atom. The van der Waals surface area contributed by atoms with Gasteiger partial charge in [-0.05, 0) is 72.4 Å². The maximum atomic E-state index is 13.2. The molecule has 0 bridgehead atoms. The number of alkyl carbamates (subject to hydrolysis) is 1. The first-order valence-corrected chi connectivity index (χ1v) is 15.1. The molecular formula is C30H41N7O5S. The number of thiazole rings is 1. The zero-order valence-corrected chi connectivity index (χ0v) is 26.6. The minimum Gasteiger partial charge on any atom is -0.444 e. The van der Waals surface area contributed by atoms with Crippen molar-refractivity contribution in [3.05, 3.63) is 42.4 Å². The number of piperidine rings is 1. The van der Waals surface area contributed by atoms with Gasteiger partial charge in [-0.3, -0.25) is 14.8 Å². The second-order valence-corrected chi connectivity index (χ2v) is 13.5. The number of aryl methyl sites for hydroxylation is 1. The molecule has 0 spiro atoms. The molecule has 3 heterocycles. The van der Waals surface area contributed by atoms with Gasteiger partial charge in [-0.15, -0.1) is 0 Å². The van der Waals surface area contributed by atoms with E-state index in [2.05, 4.69) is 30.9 Å². The van der Waals surface area contributed by atoms with E-state index in [4.69, 9.17) is 9.47 Å². The molecule has 12 nitrogen and oxygen atoms in total. The number of carbonyl (C=O) groups excluding carboxylic acids is 3. The molecule has 1 saturated heterocycles. The summed E-state index contributed by atoms with van der Waals surface area (Å²) in [5.74, 6) is -0.104. The average Bonchev–Trinajstić information content (AvgIpc) is 3.51. The van der Waals surface area contributed by atoms with Crippen LogP contribution in [0, 0.1) is 5.92 Å². The lowest BCUT2D eigenvalue weighted by Crippen LogP contribution is -2.40. The molecule has 1 aromatic carbocycles. The Morgan fingerprint density at radius 2 is 1.67 bits per heavy atom. The number of ether oxygens (including phenoxy) is 2. The van der Waals surface area contributed by atoms with Crippen LogP contribution in [0.1, 0.15) is 64.9 Å². The molecule has 1 fully saturated rings. The molecule has 4 rings (SSSR count). The van der Waals surface area contributed by atoms with Gasteiger partial charge in [0, 0.05) is 44.1 Å². The van der Waals surface area contributed by atoms with Crippen LogP contribution < -0.4 is 20.9 Å². The molecule has 2 aromatic heterocycles. The number of hydrogen-bond donors (Lipinski definition) is 3. The van der Waals surface area contributed by atoms with Crippen LogP contribution in [0.25, 0.3) is 10.6 Å². The minimum absolute atomic E-state index is 0.0819. The van der Waals surface area contributed by atoms with Gasteiger partial charge in [0.2, 0.25) is 0 Å². The SMILES string of the molecule is Cn1cc(NC(=O)c2nc(-c3cccc(N4CCC(CNC(=O)OC(C)(C)C)CC4)c3)sc2NC(=O)OC(C)(C)C)cn1. The topological polar surface area (TPSA) is 140 Å². The van der Waals surface area contributed by atoms with Crippen molar-refractivity contribution in [1.29, 1.82) is 0 Å². The largest absolute Gasteiger partial charge is 0.444 e. The van der Waals surface area contributed by atoms with Crippen molar-refractivity contribution >= 4 is 45.8 Å². The van der Waals surface area contributed by atoms with E-state index < -0.39 is 23.2 Å². The molecule has 0 radical (unpaired) electrons. The van der Waals surface area contributed by atoms with Crippen molar-refractivity contribution in [2.45, 2.75) is 65.6 Å². The van der Waals surface area contributed by atoms with Crippen molar-refractivity contribution in [3.63, 3.8) is 0 Å². The third kappa shape index (κ3) is 9.43.